The van der Waals surface area contributed by atoms with Crippen molar-refractivity contribution < 1.29 is 18.3 Å². The van der Waals surface area contributed by atoms with Gasteiger partial charge in [-0.3, -0.25) is 0 Å². The lowest BCUT2D eigenvalue weighted by Crippen LogP contribution is -2.32. The van der Waals surface area contributed by atoms with Gasteiger partial charge >= 0.3 is 6.18 Å². The fourth-order valence-electron chi connectivity index (χ4n) is 1.09. The molecule has 15 heavy (non-hydrogen) atoms. The standard InChI is InChI=1S/C8H11F3N2OS/c1-7(14,4-12-2)5-3-13-6(15-5)8(9,10)11/h3,12,14H,4H2,1-2H3. The summed E-state index contributed by atoms with van der Waals surface area (Å²) in [5, 5.41) is 11.6. The van der Waals surface area contributed by atoms with E-state index in [0.717, 1.165) is 6.20 Å². The summed E-state index contributed by atoms with van der Waals surface area (Å²) in [7, 11) is 1.61. The third kappa shape index (κ3) is 2.90. The minimum absolute atomic E-state index is 0.173. The van der Waals surface area contributed by atoms with Gasteiger partial charge in [0, 0.05) is 12.7 Å². The molecular weight excluding hydrogens is 229 g/mol. The Morgan fingerprint density at radius 1 is 1.53 bits per heavy atom. The van der Waals surface area contributed by atoms with Gasteiger partial charge in [-0.15, -0.1) is 11.3 Å². The molecule has 0 amide bonds. The average Bonchev–Trinajstić information content (AvgIpc) is 2.50. The Morgan fingerprint density at radius 2 is 2.13 bits per heavy atom. The lowest BCUT2D eigenvalue weighted by molar-refractivity contribution is -0.137. The molecule has 7 heteroatoms. The van der Waals surface area contributed by atoms with Crippen LogP contribution >= 0.6 is 11.3 Å². The van der Waals surface area contributed by atoms with E-state index < -0.39 is 16.8 Å². The van der Waals surface area contributed by atoms with Crippen LogP contribution in [0.3, 0.4) is 0 Å². The molecule has 1 aromatic rings. The molecule has 0 fully saturated rings. The van der Waals surface area contributed by atoms with Gasteiger partial charge in [-0.1, -0.05) is 0 Å². The molecule has 0 saturated heterocycles. The monoisotopic (exact) mass is 240 g/mol. The number of alkyl halides is 3. The Hall–Kier alpha value is -0.660. The molecule has 0 saturated carbocycles. The normalized spacial score (nSPS) is 16.4. The maximum Gasteiger partial charge on any atom is 0.443 e. The maximum atomic E-state index is 12.2. The summed E-state index contributed by atoms with van der Waals surface area (Å²) in [5.74, 6) is 0. The number of rotatable bonds is 3. The number of halogens is 3. The number of hydrogen-bond acceptors (Lipinski definition) is 4. The van der Waals surface area contributed by atoms with Crippen LogP contribution in [0.4, 0.5) is 13.2 Å². The Bertz CT molecular complexity index is 335. The first-order valence-corrected chi connectivity index (χ1v) is 4.99. The van der Waals surface area contributed by atoms with Crippen LogP contribution in [0.1, 0.15) is 16.8 Å². The highest BCUT2D eigenvalue weighted by Crippen LogP contribution is 2.35. The van der Waals surface area contributed by atoms with Crippen LogP contribution in [0, 0.1) is 0 Å². The highest BCUT2D eigenvalue weighted by atomic mass is 32.1. The molecule has 1 atom stereocenters. The Kier molecular flexibility index (Phi) is 3.37. The first-order chi connectivity index (χ1) is 6.77. The number of aliphatic hydroxyl groups is 1. The average molecular weight is 240 g/mol. The van der Waals surface area contributed by atoms with Crippen molar-refractivity contribution in [1.29, 1.82) is 0 Å². The van der Waals surface area contributed by atoms with Crippen LogP contribution in [0.15, 0.2) is 6.20 Å². The lowest BCUT2D eigenvalue weighted by atomic mass is 10.1. The van der Waals surface area contributed by atoms with Gasteiger partial charge in [0.05, 0.1) is 4.88 Å². The molecule has 0 spiro atoms. The predicted molar refractivity (Wildman–Crippen MR) is 50.6 cm³/mol. The summed E-state index contributed by atoms with van der Waals surface area (Å²) in [5.41, 5.74) is -1.32. The number of thiazole rings is 1. The zero-order chi connectivity index (χ0) is 11.7. The van der Waals surface area contributed by atoms with Gasteiger partial charge < -0.3 is 10.4 Å². The SMILES string of the molecule is CNCC(C)(O)c1cnc(C(F)(F)F)s1. The topological polar surface area (TPSA) is 45.1 Å². The highest BCUT2D eigenvalue weighted by Gasteiger charge is 2.36. The van der Waals surface area contributed by atoms with E-state index in [0.29, 0.717) is 11.3 Å². The first kappa shape index (κ1) is 12.4. The van der Waals surface area contributed by atoms with E-state index in [2.05, 4.69) is 10.3 Å². The van der Waals surface area contributed by atoms with Crippen LogP contribution in [-0.2, 0) is 11.8 Å². The molecule has 0 radical (unpaired) electrons. The second-order valence-electron chi connectivity index (χ2n) is 3.33. The van der Waals surface area contributed by atoms with Crippen molar-refractivity contribution in [2.24, 2.45) is 0 Å². The zero-order valence-corrected chi connectivity index (χ0v) is 9.04. The molecule has 1 heterocycles. The maximum absolute atomic E-state index is 12.2. The minimum Gasteiger partial charge on any atom is -0.383 e. The summed E-state index contributed by atoms with van der Waals surface area (Å²) < 4.78 is 36.7. The quantitative estimate of drug-likeness (QED) is 0.843. The lowest BCUT2D eigenvalue weighted by Gasteiger charge is -2.20. The molecule has 86 valence electrons. The smallest absolute Gasteiger partial charge is 0.383 e. The Balaban J connectivity index is 2.94. The van der Waals surface area contributed by atoms with Crippen LogP contribution in [-0.4, -0.2) is 23.7 Å². The van der Waals surface area contributed by atoms with Crippen LogP contribution < -0.4 is 5.32 Å². The molecule has 0 aliphatic carbocycles. The fraction of sp³-hybridized carbons (Fsp3) is 0.625. The number of aromatic nitrogens is 1. The Morgan fingerprint density at radius 3 is 2.53 bits per heavy atom. The van der Waals surface area contributed by atoms with Crippen molar-refractivity contribution in [1.82, 2.24) is 10.3 Å². The number of nitrogens with zero attached hydrogens (tertiary/aromatic N) is 1. The van der Waals surface area contributed by atoms with Gasteiger partial charge in [0.25, 0.3) is 0 Å². The van der Waals surface area contributed by atoms with Crippen LogP contribution in [0.2, 0.25) is 0 Å². The van der Waals surface area contributed by atoms with Crippen LogP contribution in [0.5, 0.6) is 0 Å². The van der Waals surface area contributed by atoms with Crippen LogP contribution in [0.25, 0.3) is 0 Å². The fourth-order valence-corrected chi connectivity index (χ4v) is 1.91. The Labute approximate surface area is 89.0 Å². The summed E-state index contributed by atoms with van der Waals surface area (Å²) in [4.78, 5) is 3.44. The predicted octanol–water partition coefficient (Wildman–Crippen LogP) is 1.59. The number of hydrogen-bond donors (Lipinski definition) is 2. The van der Waals surface area contributed by atoms with E-state index in [-0.39, 0.29) is 11.4 Å². The van der Waals surface area contributed by atoms with E-state index in [1.807, 2.05) is 0 Å². The van der Waals surface area contributed by atoms with E-state index in [1.54, 1.807) is 7.05 Å². The van der Waals surface area contributed by atoms with E-state index in [1.165, 1.54) is 6.92 Å². The number of likely N-dealkylation sites (N-methyl/N-ethyl adjacent to an activating group) is 1. The molecule has 0 bridgehead atoms. The molecule has 1 aromatic heterocycles. The largest absolute Gasteiger partial charge is 0.443 e. The van der Waals surface area contributed by atoms with Gasteiger partial charge in [-0.05, 0) is 14.0 Å². The van der Waals surface area contributed by atoms with E-state index in [4.69, 9.17) is 0 Å². The highest BCUT2D eigenvalue weighted by molar-refractivity contribution is 7.11. The van der Waals surface area contributed by atoms with E-state index >= 15 is 0 Å². The summed E-state index contributed by atoms with van der Waals surface area (Å²) in [6.45, 7) is 1.61. The van der Waals surface area contributed by atoms with Crippen molar-refractivity contribution in [2.75, 3.05) is 13.6 Å². The third-order valence-electron chi connectivity index (χ3n) is 1.80. The van der Waals surface area contributed by atoms with E-state index in [9.17, 15) is 18.3 Å². The molecule has 2 N–H and O–H groups in total. The second kappa shape index (κ2) is 4.07. The third-order valence-corrected chi connectivity index (χ3v) is 3.10. The molecule has 0 aromatic carbocycles. The van der Waals surface area contributed by atoms with Gasteiger partial charge in [-0.25, -0.2) is 4.98 Å². The van der Waals surface area contributed by atoms with Gasteiger partial charge in [-0.2, -0.15) is 13.2 Å². The van der Waals surface area contributed by atoms with Gasteiger partial charge in [0.1, 0.15) is 5.60 Å². The molecule has 0 aliphatic heterocycles. The van der Waals surface area contributed by atoms with Crippen molar-refractivity contribution in [3.63, 3.8) is 0 Å². The number of nitrogens with one attached hydrogen (secondary N) is 1. The van der Waals surface area contributed by atoms with Gasteiger partial charge in [0.2, 0.25) is 0 Å². The molecule has 3 nitrogen and oxygen atoms in total. The van der Waals surface area contributed by atoms with Gasteiger partial charge in [0.15, 0.2) is 5.01 Å². The minimum atomic E-state index is -4.45. The zero-order valence-electron chi connectivity index (χ0n) is 8.22. The molecule has 1 rings (SSSR count). The van der Waals surface area contributed by atoms with Crippen molar-refractivity contribution in [3.8, 4) is 0 Å². The van der Waals surface area contributed by atoms with Crippen molar-refractivity contribution in [2.45, 2.75) is 18.7 Å². The summed E-state index contributed by atoms with van der Waals surface area (Å²) in [6.07, 6.45) is -3.39. The second-order valence-corrected chi connectivity index (χ2v) is 4.36. The molecule has 1 unspecified atom stereocenters. The first-order valence-electron chi connectivity index (χ1n) is 4.18. The summed E-state index contributed by atoms with van der Waals surface area (Å²) in [6, 6.07) is 0. The van der Waals surface area contributed by atoms with Crippen molar-refractivity contribution >= 4 is 11.3 Å². The molecular formula is C8H11F3N2OS. The molecule has 0 aliphatic rings. The van der Waals surface area contributed by atoms with Crippen molar-refractivity contribution in [3.05, 3.63) is 16.1 Å². The summed E-state index contributed by atoms with van der Waals surface area (Å²) >= 11 is 0.461.